The predicted molar refractivity (Wildman–Crippen MR) is 69.3 cm³/mol. The van der Waals surface area contributed by atoms with Crippen molar-refractivity contribution in [3.05, 3.63) is 29.8 Å². The molecule has 4 heteroatoms. The lowest BCUT2D eigenvalue weighted by Crippen LogP contribution is -2.19. The Morgan fingerprint density at radius 3 is 2.59 bits per heavy atom. The van der Waals surface area contributed by atoms with Crippen molar-refractivity contribution in [1.82, 2.24) is 10.6 Å². The van der Waals surface area contributed by atoms with Crippen molar-refractivity contribution in [3.63, 3.8) is 0 Å². The van der Waals surface area contributed by atoms with Crippen molar-refractivity contribution < 1.29 is 9.84 Å². The Labute approximate surface area is 103 Å². The van der Waals surface area contributed by atoms with Crippen LogP contribution in [0.3, 0.4) is 0 Å². The predicted octanol–water partition coefficient (Wildman–Crippen LogP) is 0.757. The molecule has 0 spiro atoms. The van der Waals surface area contributed by atoms with Crippen molar-refractivity contribution in [3.8, 4) is 5.75 Å². The zero-order chi connectivity index (χ0) is 12.3. The molecule has 0 unspecified atom stereocenters. The van der Waals surface area contributed by atoms with Crippen LogP contribution in [-0.2, 0) is 6.54 Å². The van der Waals surface area contributed by atoms with Crippen molar-refractivity contribution in [2.24, 2.45) is 0 Å². The zero-order valence-corrected chi connectivity index (χ0v) is 10.4. The molecule has 0 radical (unpaired) electrons. The van der Waals surface area contributed by atoms with E-state index in [4.69, 9.17) is 9.84 Å². The number of ether oxygens (including phenoxy) is 1. The minimum atomic E-state index is 0.0504. The van der Waals surface area contributed by atoms with E-state index >= 15 is 0 Å². The maximum Gasteiger partial charge on any atom is 0.119 e. The second-order valence-corrected chi connectivity index (χ2v) is 3.85. The largest absolute Gasteiger partial charge is 0.491 e. The molecule has 0 aromatic heterocycles. The van der Waals surface area contributed by atoms with Gasteiger partial charge >= 0.3 is 0 Å². The highest BCUT2D eigenvalue weighted by Gasteiger charge is 1.95. The fraction of sp³-hybridized carbons (Fsp3) is 0.538. The van der Waals surface area contributed by atoms with Crippen LogP contribution in [-0.4, -0.2) is 38.5 Å². The molecule has 0 amide bonds. The molecule has 4 nitrogen and oxygen atoms in total. The molecule has 96 valence electrons. The summed E-state index contributed by atoms with van der Waals surface area (Å²) in [6.07, 6.45) is 1.13. The average Bonchev–Trinajstić information content (AvgIpc) is 2.37. The lowest BCUT2D eigenvalue weighted by molar-refractivity contribution is 0.201. The minimum absolute atomic E-state index is 0.0504. The summed E-state index contributed by atoms with van der Waals surface area (Å²) in [5.74, 6) is 0.804. The van der Waals surface area contributed by atoms with Gasteiger partial charge < -0.3 is 20.5 Å². The highest BCUT2D eigenvalue weighted by atomic mass is 16.5. The molecule has 0 heterocycles. The Hall–Kier alpha value is -1.10. The van der Waals surface area contributed by atoms with Crippen molar-refractivity contribution in [2.75, 3.05) is 33.4 Å². The average molecular weight is 238 g/mol. The van der Waals surface area contributed by atoms with Gasteiger partial charge in [0, 0.05) is 6.54 Å². The van der Waals surface area contributed by atoms with Gasteiger partial charge in [-0.05, 0) is 44.3 Å². The summed E-state index contributed by atoms with van der Waals surface area (Å²) < 4.78 is 5.29. The number of aliphatic hydroxyl groups excluding tert-OH is 1. The highest BCUT2D eigenvalue weighted by Crippen LogP contribution is 2.11. The van der Waals surface area contributed by atoms with Crippen molar-refractivity contribution in [2.45, 2.75) is 13.0 Å². The second-order valence-electron chi connectivity index (χ2n) is 3.85. The van der Waals surface area contributed by atoms with E-state index in [2.05, 4.69) is 10.6 Å². The van der Waals surface area contributed by atoms with Crippen LogP contribution in [0.5, 0.6) is 5.75 Å². The van der Waals surface area contributed by atoms with Gasteiger partial charge in [0.05, 0.1) is 6.61 Å². The van der Waals surface area contributed by atoms with E-state index in [1.165, 1.54) is 5.56 Å². The number of hydrogen-bond donors (Lipinski definition) is 3. The molecule has 17 heavy (non-hydrogen) atoms. The third kappa shape index (κ3) is 6.26. The normalized spacial score (nSPS) is 10.5. The van der Waals surface area contributed by atoms with Crippen LogP contribution in [0.15, 0.2) is 24.3 Å². The number of aliphatic hydroxyl groups is 1. The first-order valence-electron chi connectivity index (χ1n) is 6.04. The van der Waals surface area contributed by atoms with Gasteiger partial charge in [-0.25, -0.2) is 0 Å². The van der Waals surface area contributed by atoms with E-state index < -0.39 is 0 Å². The molecule has 0 aliphatic carbocycles. The Bertz CT molecular complexity index is 288. The molecule has 0 atom stereocenters. The number of rotatable bonds is 9. The molecule has 0 fully saturated rings. The van der Waals surface area contributed by atoms with Gasteiger partial charge in [0.15, 0.2) is 0 Å². The third-order valence-corrected chi connectivity index (χ3v) is 2.39. The molecule has 1 aromatic rings. The monoisotopic (exact) mass is 238 g/mol. The van der Waals surface area contributed by atoms with E-state index in [-0.39, 0.29) is 6.61 Å². The molecular formula is C13H22N2O2. The quantitative estimate of drug-likeness (QED) is 0.556. The summed E-state index contributed by atoms with van der Waals surface area (Å²) in [6, 6.07) is 7.94. The molecule has 1 rings (SSSR count). The lowest BCUT2D eigenvalue weighted by Gasteiger charge is -2.07. The first kappa shape index (κ1) is 14.0. The Morgan fingerprint density at radius 1 is 1.18 bits per heavy atom. The molecule has 0 saturated heterocycles. The van der Waals surface area contributed by atoms with E-state index in [0.717, 1.165) is 31.8 Å². The van der Waals surface area contributed by atoms with Crippen LogP contribution in [0.2, 0.25) is 0 Å². The first-order chi connectivity index (χ1) is 8.36. The van der Waals surface area contributed by atoms with Gasteiger partial charge in [0.2, 0.25) is 0 Å². The summed E-state index contributed by atoms with van der Waals surface area (Å²) in [4.78, 5) is 0. The van der Waals surface area contributed by atoms with Crippen LogP contribution < -0.4 is 15.4 Å². The fourth-order valence-electron chi connectivity index (χ4n) is 1.49. The van der Waals surface area contributed by atoms with Crippen LogP contribution >= 0.6 is 0 Å². The summed E-state index contributed by atoms with van der Waals surface area (Å²) >= 11 is 0. The van der Waals surface area contributed by atoms with E-state index in [9.17, 15) is 0 Å². The Morgan fingerprint density at radius 2 is 1.94 bits per heavy atom. The van der Waals surface area contributed by atoms with Crippen LogP contribution in [0, 0.1) is 0 Å². The fourth-order valence-corrected chi connectivity index (χ4v) is 1.49. The number of hydrogen-bond acceptors (Lipinski definition) is 4. The molecule has 0 aliphatic heterocycles. The zero-order valence-electron chi connectivity index (χ0n) is 10.4. The van der Waals surface area contributed by atoms with Crippen molar-refractivity contribution in [1.29, 1.82) is 0 Å². The van der Waals surface area contributed by atoms with Gasteiger partial charge in [0.1, 0.15) is 12.4 Å². The molecular weight excluding hydrogens is 216 g/mol. The van der Waals surface area contributed by atoms with Gasteiger partial charge in [-0.2, -0.15) is 0 Å². The summed E-state index contributed by atoms with van der Waals surface area (Å²) in [5, 5.41) is 15.1. The standard InChI is InChI=1S/C13H22N2O2/c1-14-7-2-8-15-11-12-3-5-13(6-4-12)17-10-9-16/h3-6,14-16H,2,7-11H2,1H3. The molecule has 1 aromatic carbocycles. The smallest absolute Gasteiger partial charge is 0.119 e. The van der Waals surface area contributed by atoms with Gasteiger partial charge in [0.25, 0.3) is 0 Å². The van der Waals surface area contributed by atoms with E-state index in [1.54, 1.807) is 0 Å². The maximum absolute atomic E-state index is 8.63. The highest BCUT2D eigenvalue weighted by molar-refractivity contribution is 5.27. The van der Waals surface area contributed by atoms with E-state index in [1.807, 2.05) is 31.3 Å². The maximum atomic E-state index is 8.63. The third-order valence-electron chi connectivity index (χ3n) is 2.39. The number of benzene rings is 1. The molecule has 0 aliphatic rings. The van der Waals surface area contributed by atoms with Crippen molar-refractivity contribution >= 4 is 0 Å². The SMILES string of the molecule is CNCCCNCc1ccc(OCCO)cc1. The first-order valence-corrected chi connectivity index (χ1v) is 6.04. The lowest BCUT2D eigenvalue weighted by atomic mass is 10.2. The Kier molecular flexibility index (Phi) is 7.38. The van der Waals surface area contributed by atoms with Gasteiger partial charge in [-0.3, -0.25) is 0 Å². The topological polar surface area (TPSA) is 53.5 Å². The van der Waals surface area contributed by atoms with Gasteiger partial charge in [-0.15, -0.1) is 0 Å². The minimum Gasteiger partial charge on any atom is -0.491 e. The number of nitrogens with one attached hydrogen (secondary N) is 2. The van der Waals surface area contributed by atoms with Crippen LogP contribution in [0.25, 0.3) is 0 Å². The molecule has 3 N–H and O–H groups in total. The summed E-state index contributed by atoms with van der Waals surface area (Å²) in [6.45, 7) is 3.34. The molecule has 0 bridgehead atoms. The summed E-state index contributed by atoms with van der Waals surface area (Å²) in [5.41, 5.74) is 1.24. The van der Waals surface area contributed by atoms with Crippen LogP contribution in [0.4, 0.5) is 0 Å². The van der Waals surface area contributed by atoms with Gasteiger partial charge in [-0.1, -0.05) is 12.1 Å². The van der Waals surface area contributed by atoms with E-state index in [0.29, 0.717) is 6.61 Å². The molecule has 0 saturated carbocycles. The Balaban J connectivity index is 2.20. The summed E-state index contributed by atoms with van der Waals surface area (Å²) in [7, 11) is 1.96. The second kappa shape index (κ2) is 8.98. The van der Waals surface area contributed by atoms with Crippen LogP contribution in [0.1, 0.15) is 12.0 Å².